The highest BCUT2D eigenvalue weighted by molar-refractivity contribution is 5.72. The van der Waals surface area contributed by atoms with E-state index < -0.39 is 12.1 Å². The molecule has 1 saturated heterocycles. The summed E-state index contributed by atoms with van der Waals surface area (Å²) in [6, 6.07) is 0.214. The van der Waals surface area contributed by atoms with Crippen LogP contribution in [0.2, 0.25) is 0 Å². The minimum absolute atomic E-state index is 0.214. The number of carboxylic acid groups (broad SMARTS) is 1. The van der Waals surface area contributed by atoms with E-state index in [1.165, 1.54) is 0 Å². The maximum Gasteiger partial charge on any atom is 0.334 e. The Morgan fingerprint density at radius 1 is 1.85 bits per heavy atom. The van der Waals surface area contributed by atoms with Gasteiger partial charge in [-0.2, -0.15) is 0 Å². The van der Waals surface area contributed by atoms with E-state index in [1.807, 2.05) is 13.0 Å². The summed E-state index contributed by atoms with van der Waals surface area (Å²) in [6.45, 7) is 7.38. The molecule has 0 saturated carbocycles. The lowest BCUT2D eigenvalue weighted by Gasteiger charge is -2.33. The average Bonchev–Trinajstić information content (AvgIpc) is 2.17. The van der Waals surface area contributed by atoms with Crippen LogP contribution in [0, 0.1) is 0 Å². The fourth-order valence-corrected chi connectivity index (χ4v) is 1.34. The smallest absolute Gasteiger partial charge is 0.334 e. The number of nitrogens with zero attached hydrogens (tertiary/aromatic N) is 1. The van der Waals surface area contributed by atoms with Crippen LogP contribution >= 0.6 is 0 Å². The third-order valence-electron chi connectivity index (χ3n) is 2.29. The first kappa shape index (κ1) is 10.2. The van der Waals surface area contributed by atoms with Crippen LogP contribution in [0.15, 0.2) is 12.7 Å². The van der Waals surface area contributed by atoms with Gasteiger partial charge in [0.25, 0.3) is 0 Å². The predicted octanol–water partition coefficient (Wildman–Crippen LogP) is 0.346. The van der Waals surface area contributed by atoms with Gasteiger partial charge in [0.05, 0.1) is 6.61 Å². The van der Waals surface area contributed by atoms with Crippen molar-refractivity contribution in [3.8, 4) is 0 Å². The maximum absolute atomic E-state index is 10.6. The van der Waals surface area contributed by atoms with Gasteiger partial charge in [-0.05, 0) is 6.92 Å². The minimum atomic E-state index is -0.888. The second-order valence-electron chi connectivity index (χ2n) is 3.17. The van der Waals surface area contributed by atoms with Crippen molar-refractivity contribution in [2.75, 3.05) is 19.7 Å². The monoisotopic (exact) mass is 185 g/mol. The molecule has 4 heteroatoms. The van der Waals surface area contributed by atoms with E-state index in [0.717, 1.165) is 6.54 Å². The lowest BCUT2D eigenvalue weighted by atomic mass is 10.2. The quantitative estimate of drug-likeness (QED) is 0.644. The molecule has 0 aromatic heterocycles. The summed E-state index contributed by atoms with van der Waals surface area (Å²) < 4.78 is 5.09. The Morgan fingerprint density at radius 2 is 2.54 bits per heavy atom. The lowest BCUT2D eigenvalue weighted by Crippen LogP contribution is -2.48. The Kier molecular flexibility index (Phi) is 3.45. The molecule has 4 nitrogen and oxygen atoms in total. The molecule has 0 aliphatic carbocycles. The van der Waals surface area contributed by atoms with Crippen LogP contribution in [0.25, 0.3) is 0 Å². The standard InChI is InChI=1S/C9H15NO3/c1-3-7(2)10-4-5-13-8(6-10)9(11)12/h3,7-8H,1,4-6H2,2H3,(H,11,12). The fraction of sp³-hybridized carbons (Fsp3) is 0.667. The first-order chi connectivity index (χ1) is 6.15. The summed E-state index contributed by atoms with van der Waals surface area (Å²) in [5.41, 5.74) is 0. The Bertz CT molecular complexity index is 205. The van der Waals surface area contributed by atoms with Gasteiger partial charge in [0.15, 0.2) is 6.10 Å². The Morgan fingerprint density at radius 3 is 3.08 bits per heavy atom. The SMILES string of the molecule is C=CC(C)N1CCOC(C(=O)O)C1. The normalized spacial score (nSPS) is 26.7. The molecule has 1 fully saturated rings. The van der Waals surface area contributed by atoms with E-state index >= 15 is 0 Å². The van der Waals surface area contributed by atoms with Gasteiger partial charge in [-0.1, -0.05) is 6.08 Å². The molecule has 74 valence electrons. The summed E-state index contributed by atoms with van der Waals surface area (Å²) in [6.07, 6.45) is 1.13. The molecule has 1 rings (SSSR count). The van der Waals surface area contributed by atoms with Gasteiger partial charge in [-0.15, -0.1) is 6.58 Å². The number of rotatable bonds is 3. The molecule has 13 heavy (non-hydrogen) atoms. The van der Waals surface area contributed by atoms with Crippen molar-refractivity contribution in [2.24, 2.45) is 0 Å². The summed E-state index contributed by atoms with van der Waals surface area (Å²) in [5, 5.41) is 8.73. The molecule has 2 unspecified atom stereocenters. The van der Waals surface area contributed by atoms with Crippen molar-refractivity contribution in [1.82, 2.24) is 4.90 Å². The molecule has 1 aliphatic heterocycles. The third-order valence-corrected chi connectivity index (χ3v) is 2.29. The molecule has 2 atom stereocenters. The molecule has 0 spiro atoms. The van der Waals surface area contributed by atoms with E-state index in [-0.39, 0.29) is 6.04 Å². The molecule has 0 radical (unpaired) electrons. The zero-order chi connectivity index (χ0) is 9.84. The van der Waals surface area contributed by atoms with Crippen LogP contribution in [0.5, 0.6) is 0 Å². The Balaban J connectivity index is 2.50. The van der Waals surface area contributed by atoms with Gasteiger partial charge < -0.3 is 9.84 Å². The summed E-state index contributed by atoms with van der Waals surface area (Å²) in [4.78, 5) is 12.7. The van der Waals surface area contributed by atoms with Crippen LogP contribution < -0.4 is 0 Å². The molecule has 0 aromatic rings. The Hall–Kier alpha value is -0.870. The second kappa shape index (κ2) is 4.39. The van der Waals surface area contributed by atoms with Crippen molar-refractivity contribution in [2.45, 2.75) is 19.1 Å². The van der Waals surface area contributed by atoms with E-state index in [9.17, 15) is 4.79 Å². The first-order valence-electron chi connectivity index (χ1n) is 4.36. The van der Waals surface area contributed by atoms with Crippen molar-refractivity contribution in [3.05, 3.63) is 12.7 Å². The zero-order valence-electron chi connectivity index (χ0n) is 7.77. The Labute approximate surface area is 77.8 Å². The number of ether oxygens (including phenoxy) is 1. The summed E-state index contributed by atoms with van der Waals surface area (Å²) in [5.74, 6) is -0.888. The van der Waals surface area contributed by atoms with Crippen LogP contribution in [-0.4, -0.2) is 47.8 Å². The van der Waals surface area contributed by atoms with E-state index in [0.29, 0.717) is 13.2 Å². The van der Waals surface area contributed by atoms with Crippen molar-refractivity contribution in [1.29, 1.82) is 0 Å². The highest BCUT2D eigenvalue weighted by Crippen LogP contribution is 2.09. The topological polar surface area (TPSA) is 49.8 Å². The van der Waals surface area contributed by atoms with Gasteiger partial charge in [0.1, 0.15) is 0 Å². The van der Waals surface area contributed by atoms with Crippen LogP contribution in [0.4, 0.5) is 0 Å². The number of carboxylic acids is 1. The maximum atomic E-state index is 10.6. The molecular formula is C9H15NO3. The number of aliphatic carboxylic acids is 1. The van der Waals surface area contributed by atoms with Gasteiger partial charge >= 0.3 is 5.97 Å². The average molecular weight is 185 g/mol. The van der Waals surface area contributed by atoms with Crippen LogP contribution in [0.1, 0.15) is 6.92 Å². The minimum Gasteiger partial charge on any atom is -0.479 e. The fourth-order valence-electron chi connectivity index (χ4n) is 1.34. The van der Waals surface area contributed by atoms with Gasteiger partial charge in [0, 0.05) is 19.1 Å². The van der Waals surface area contributed by atoms with Gasteiger partial charge in [0.2, 0.25) is 0 Å². The van der Waals surface area contributed by atoms with Gasteiger partial charge in [-0.25, -0.2) is 4.79 Å². The molecule has 1 N–H and O–H groups in total. The third kappa shape index (κ3) is 2.54. The molecule has 1 heterocycles. The predicted molar refractivity (Wildman–Crippen MR) is 48.6 cm³/mol. The summed E-state index contributed by atoms with van der Waals surface area (Å²) in [7, 11) is 0. The van der Waals surface area contributed by atoms with Crippen LogP contribution in [-0.2, 0) is 9.53 Å². The second-order valence-corrected chi connectivity index (χ2v) is 3.17. The molecule has 1 aliphatic rings. The number of hydrogen-bond donors (Lipinski definition) is 1. The molecule has 0 aromatic carbocycles. The number of hydrogen-bond acceptors (Lipinski definition) is 3. The number of carbonyl (C=O) groups is 1. The molecule has 0 amide bonds. The van der Waals surface area contributed by atoms with E-state index in [4.69, 9.17) is 9.84 Å². The van der Waals surface area contributed by atoms with Crippen molar-refractivity contribution >= 4 is 5.97 Å². The highest BCUT2D eigenvalue weighted by atomic mass is 16.5. The number of morpholine rings is 1. The first-order valence-corrected chi connectivity index (χ1v) is 4.36. The largest absolute Gasteiger partial charge is 0.479 e. The van der Waals surface area contributed by atoms with E-state index in [1.54, 1.807) is 0 Å². The van der Waals surface area contributed by atoms with Gasteiger partial charge in [-0.3, -0.25) is 4.90 Å². The van der Waals surface area contributed by atoms with Crippen molar-refractivity contribution in [3.63, 3.8) is 0 Å². The molecule has 0 bridgehead atoms. The summed E-state index contributed by atoms with van der Waals surface area (Å²) >= 11 is 0. The zero-order valence-corrected chi connectivity index (χ0v) is 7.77. The van der Waals surface area contributed by atoms with E-state index in [2.05, 4.69) is 11.5 Å². The lowest BCUT2D eigenvalue weighted by molar-refractivity contribution is -0.156. The highest BCUT2D eigenvalue weighted by Gasteiger charge is 2.27. The molecular weight excluding hydrogens is 170 g/mol. The van der Waals surface area contributed by atoms with Crippen LogP contribution in [0.3, 0.4) is 0 Å². The van der Waals surface area contributed by atoms with Crippen molar-refractivity contribution < 1.29 is 14.6 Å².